The molecule has 1 fully saturated rings. The number of aromatic nitrogens is 1. The van der Waals surface area contributed by atoms with Crippen molar-refractivity contribution in [1.82, 2.24) is 4.57 Å². The van der Waals surface area contributed by atoms with E-state index in [0.717, 1.165) is 18.3 Å². The molecule has 2 rings (SSSR count). The smallest absolute Gasteiger partial charge is 0.317 e. The van der Waals surface area contributed by atoms with Crippen LogP contribution in [0.4, 0.5) is 5.69 Å². The van der Waals surface area contributed by atoms with Crippen LogP contribution < -0.4 is 5.56 Å². The zero-order valence-corrected chi connectivity index (χ0v) is 13.6. The molecule has 13 heteroatoms. The molecule has 1 saturated heterocycles. The Morgan fingerprint density at radius 3 is 2.48 bits per heavy atom. The molecular weight excluding hydrogens is 372 g/mol. The van der Waals surface area contributed by atoms with Crippen molar-refractivity contribution in [3.05, 3.63) is 38.8 Å². The fourth-order valence-corrected chi connectivity index (χ4v) is 2.45. The zero-order valence-electron chi connectivity index (χ0n) is 13.6. The lowest BCUT2D eigenvalue weighted by atomic mass is 9.98. The van der Waals surface area contributed by atoms with Crippen LogP contribution in [0.2, 0.25) is 0 Å². The van der Waals surface area contributed by atoms with E-state index in [-0.39, 0.29) is 0 Å². The maximum Gasteiger partial charge on any atom is 0.317 e. The van der Waals surface area contributed by atoms with E-state index in [4.69, 9.17) is 9.84 Å². The summed E-state index contributed by atoms with van der Waals surface area (Å²) in [6.45, 7) is -0.683. The Hall–Kier alpha value is -2.87. The molecule has 5 atom stereocenters. The van der Waals surface area contributed by atoms with E-state index < -0.39 is 71.8 Å². The first kappa shape index (κ1) is 20.4. The van der Waals surface area contributed by atoms with Gasteiger partial charge < -0.3 is 29.9 Å². The molecule has 4 N–H and O–H groups in total. The first-order valence-corrected chi connectivity index (χ1v) is 7.55. The van der Waals surface area contributed by atoms with Gasteiger partial charge in [0.15, 0.2) is 6.23 Å². The average Bonchev–Trinajstić information content (AvgIpc) is 2.59. The number of hydrogen-bond acceptors (Lipinski definition) is 10. The van der Waals surface area contributed by atoms with E-state index >= 15 is 0 Å². The molecule has 148 valence electrons. The van der Waals surface area contributed by atoms with Crippen molar-refractivity contribution < 1.29 is 44.4 Å². The predicted molar refractivity (Wildman–Crippen MR) is 82.5 cm³/mol. The van der Waals surface area contributed by atoms with Gasteiger partial charge in [-0.2, -0.15) is 0 Å². The minimum Gasteiger partial charge on any atom is -0.481 e. The molecule has 27 heavy (non-hydrogen) atoms. The summed E-state index contributed by atoms with van der Waals surface area (Å²) in [5, 5.41) is 49.3. The molecule has 0 spiro atoms. The normalized spacial score (nSPS) is 27.7. The number of aliphatic hydroxyl groups excluding tert-OH is 3. The summed E-state index contributed by atoms with van der Waals surface area (Å²) in [6, 6.07) is 1.79. The van der Waals surface area contributed by atoms with Crippen molar-refractivity contribution in [3.63, 3.8) is 0 Å². The third kappa shape index (κ3) is 4.65. The van der Waals surface area contributed by atoms with E-state index in [0.29, 0.717) is 4.57 Å². The average molecular weight is 388 g/mol. The van der Waals surface area contributed by atoms with E-state index in [9.17, 15) is 39.8 Å². The van der Waals surface area contributed by atoms with Gasteiger partial charge in [0, 0.05) is 12.1 Å². The first-order chi connectivity index (χ1) is 12.6. The van der Waals surface area contributed by atoms with Crippen LogP contribution in [-0.4, -0.2) is 72.9 Å². The van der Waals surface area contributed by atoms with Crippen LogP contribution in [0.15, 0.2) is 23.1 Å². The van der Waals surface area contributed by atoms with E-state index in [1.807, 2.05) is 0 Å². The monoisotopic (exact) mass is 388 g/mol. The van der Waals surface area contributed by atoms with Crippen molar-refractivity contribution in [2.24, 2.45) is 0 Å². The van der Waals surface area contributed by atoms with Gasteiger partial charge in [0.05, 0.1) is 11.1 Å². The molecule has 0 saturated carbocycles. The molecule has 2 heterocycles. The van der Waals surface area contributed by atoms with Crippen LogP contribution >= 0.6 is 0 Å². The molecule has 1 aromatic rings. The number of nitrogens with zero attached hydrogens (tertiary/aromatic N) is 2. The number of esters is 1. The van der Waals surface area contributed by atoms with Gasteiger partial charge in [0.2, 0.25) is 0 Å². The lowest BCUT2D eigenvalue weighted by Gasteiger charge is -2.40. The molecule has 0 amide bonds. The highest BCUT2D eigenvalue weighted by atomic mass is 16.6. The third-order valence-electron chi connectivity index (χ3n) is 3.80. The Kier molecular flexibility index (Phi) is 6.22. The number of carbonyl (C=O) groups excluding carboxylic acids is 1. The summed E-state index contributed by atoms with van der Waals surface area (Å²) in [5.41, 5.74) is -1.29. The van der Waals surface area contributed by atoms with Gasteiger partial charge in [-0.25, -0.2) is 0 Å². The number of carboxylic acids is 1. The largest absolute Gasteiger partial charge is 0.481 e. The number of rotatable bonds is 6. The summed E-state index contributed by atoms with van der Waals surface area (Å²) >= 11 is 0. The second-order valence-corrected chi connectivity index (χ2v) is 5.68. The minimum absolute atomic E-state index is 0.490. The fraction of sp³-hybridized carbons (Fsp3) is 0.500. The van der Waals surface area contributed by atoms with Crippen molar-refractivity contribution in [2.45, 2.75) is 37.1 Å². The number of ether oxygens (including phenoxy) is 2. The summed E-state index contributed by atoms with van der Waals surface area (Å²) in [7, 11) is 0. The van der Waals surface area contributed by atoms with Crippen LogP contribution in [0.3, 0.4) is 0 Å². The number of pyridine rings is 1. The van der Waals surface area contributed by atoms with Gasteiger partial charge >= 0.3 is 11.9 Å². The Morgan fingerprint density at radius 1 is 1.22 bits per heavy atom. The Bertz CT molecular complexity index is 792. The molecule has 0 unspecified atom stereocenters. The number of hydrogen-bond donors (Lipinski definition) is 4. The third-order valence-corrected chi connectivity index (χ3v) is 3.80. The summed E-state index contributed by atoms with van der Waals surface area (Å²) < 4.78 is 10.6. The molecule has 1 aromatic heterocycles. The minimum atomic E-state index is -1.84. The van der Waals surface area contributed by atoms with Gasteiger partial charge in [0.25, 0.3) is 11.2 Å². The number of aliphatic hydroxyl groups is 3. The highest BCUT2D eigenvalue weighted by Gasteiger charge is 2.45. The quantitative estimate of drug-likeness (QED) is 0.178. The summed E-state index contributed by atoms with van der Waals surface area (Å²) in [6.07, 6.45) is -8.61. The number of aliphatic carboxylic acids is 1. The van der Waals surface area contributed by atoms with Crippen molar-refractivity contribution in [1.29, 1.82) is 0 Å². The summed E-state index contributed by atoms with van der Waals surface area (Å²) in [5.74, 6) is -2.58. The van der Waals surface area contributed by atoms with Crippen LogP contribution in [0.5, 0.6) is 0 Å². The second-order valence-electron chi connectivity index (χ2n) is 5.68. The molecule has 0 radical (unpaired) electrons. The van der Waals surface area contributed by atoms with Crippen molar-refractivity contribution in [3.8, 4) is 0 Å². The van der Waals surface area contributed by atoms with Crippen LogP contribution in [-0.2, 0) is 19.1 Å². The molecule has 0 aromatic carbocycles. The van der Waals surface area contributed by atoms with Gasteiger partial charge in [-0.05, 0) is 0 Å². The lowest BCUT2D eigenvalue weighted by molar-refractivity contribution is -0.385. The SMILES string of the molecule is O=C(O)CC(=O)OC[C@H]1O[C@@H](n2cc([N+](=O)[O-])ccc2=O)[C@H](O)[C@@H](O)[C@@H]1O. The second kappa shape index (κ2) is 8.22. The summed E-state index contributed by atoms with van der Waals surface area (Å²) in [4.78, 5) is 43.8. The molecule has 0 bridgehead atoms. The standard InChI is InChI=1S/C14H16N2O11/c17-8-2-1-6(16(24)25)4-15(8)14-13(23)12(22)11(21)7(27-14)5-26-10(20)3-9(18)19/h1-2,4,7,11-14,21-23H,3,5H2,(H,18,19)/t7-,11-,12+,13-,14-/m1/s1. The van der Waals surface area contributed by atoms with Gasteiger partial charge in [-0.15, -0.1) is 0 Å². The maximum atomic E-state index is 12.0. The molecule has 1 aliphatic rings. The Balaban J connectivity index is 2.23. The van der Waals surface area contributed by atoms with E-state index in [1.165, 1.54) is 0 Å². The highest BCUT2D eigenvalue weighted by Crippen LogP contribution is 2.28. The van der Waals surface area contributed by atoms with Gasteiger partial charge in [0.1, 0.15) is 37.4 Å². The van der Waals surface area contributed by atoms with Crippen LogP contribution in [0.1, 0.15) is 12.6 Å². The molecule has 13 nitrogen and oxygen atoms in total. The Morgan fingerprint density at radius 2 is 1.89 bits per heavy atom. The zero-order chi connectivity index (χ0) is 20.3. The Labute approximate surface area is 150 Å². The molecule has 1 aliphatic heterocycles. The first-order valence-electron chi connectivity index (χ1n) is 7.55. The lowest BCUT2D eigenvalue weighted by Crippen LogP contribution is -2.57. The van der Waals surface area contributed by atoms with Crippen LogP contribution in [0, 0.1) is 10.1 Å². The number of nitro groups is 1. The van der Waals surface area contributed by atoms with E-state index in [1.54, 1.807) is 0 Å². The van der Waals surface area contributed by atoms with Crippen molar-refractivity contribution >= 4 is 17.6 Å². The topological polar surface area (TPSA) is 199 Å². The maximum absolute atomic E-state index is 12.0. The van der Waals surface area contributed by atoms with Crippen LogP contribution in [0.25, 0.3) is 0 Å². The predicted octanol–water partition coefficient (Wildman–Crippen LogP) is -2.25. The highest BCUT2D eigenvalue weighted by molar-refractivity contribution is 5.90. The van der Waals surface area contributed by atoms with Gasteiger partial charge in [-0.3, -0.25) is 29.1 Å². The molecular formula is C14H16N2O11. The fourth-order valence-electron chi connectivity index (χ4n) is 2.45. The number of carbonyl (C=O) groups is 2. The number of carboxylic acid groups (broad SMARTS) is 1. The van der Waals surface area contributed by atoms with Gasteiger partial charge in [-0.1, -0.05) is 0 Å². The molecule has 0 aliphatic carbocycles. The van der Waals surface area contributed by atoms with E-state index in [2.05, 4.69) is 4.74 Å². The van der Waals surface area contributed by atoms with Crippen molar-refractivity contribution in [2.75, 3.05) is 6.61 Å².